The van der Waals surface area contributed by atoms with E-state index < -0.39 is 0 Å². The molecule has 152 valence electrons. The lowest BCUT2D eigenvalue weighted by Crippen LogP contribution is -2.17. The highest BCUT2D eigenvalue weighted by atomic mass is 32.2. The van der Waals surface area contributed by atoms with Gasteiger partial charge in [0.05, 0.1) is 17.1 Å². The number of rotatable bonds is 6. The third kappa shape index (κ3) is 4.41. The summed E-state index contributed by atoms with van der Waals surface area (Å²) >= 11 is 1.29. The van der Waals surface area contributed by atoms with Crippen LogP contribution in [0.1, 0.15) is 11.3 Å². The van der Waals surface area contributed by atoms with Gasteiger partial charge in [-0.2, -0.15) is 5.10 Å². The van der Waals surface area contributed by atoms with Crippen molar-refractivity contribution in [3.8, 4) is 11.4 Å². The molecule has 1 N–H and O–H groups in total. The van der Waals surface area contributed by atoms with Gasteiger partial charge in [-0.25, -0.2) is 9.07 Å². The Hall–Kier alpha value is -3.46. The molecule has 7 nitrogen and oxygen atoms in total. The molecule has 0 aliphatic rings. The molecule has 2 aromatic heterocycles. The largest absolute Gasteiger partial charge is 0.310 e. The fourth-order valence-corrected chi connectivity index (χ4v) is 3.61. The first-order valence-electron chi connectivity index (χ1n) is 9.22. The maximum atomic E-state index is 13.2. The lowest BCUT2D eigenvalue weighted by molar-refractivity contribution is -0.113. The Morgan fingerprint density at radius 3 is 2.50 bits per heavy atom. The van der Waals surface area contributed by atoms with Gasteiger partial charge >= 0.3 is 0 Å². The van der Waals surface area contributed by atoms with Crippen LogP contribution in [0.4, 0.5) is 10.2 Å². The summed E-state index contributed by atoms with van der Waals surface area (Å²) in [7, 11) is 0. The molecule has 1 amide bonds. The maximum absolute atomic E-state index is 13.2. The number of thioether (sulfide) groups is 1. The van der Waals surface area contributed by atoms with Crippen molar-refractivity contribution in [1.82, 2.24) is 24.5 Å². The predicted octanol–water partition coefficient (Wildman–Crippen LogP) is 3.94. The van der Waals surface area contributed by atoms with Crippen molar-refractivity contribution < 1.29 is 9.18 Å². The van der Waals surface area contributed by atoms with Crippen molar-refractivity contribution in [1.29, 1.82) is 0 Å². The summed E-state index contributed by atoms with van der Waals surface area (Å²) in [6.07, 6.45) is 1.62. The molecule has 0 aliphatic carbocycles. The van der Waals surface area contributed by atoms with E-state index in [1.165, 1.54) is 23.9 Å². The number of hydrogen-bond donors (Lipinski definition) is 1. The van der Waals surface area contributed by atoms with Gasteiger partial charge in [0.15, 0.2) is 5.16 Å². The number of nitrogens with one attached hydrogen (secondary N) is 1. The molecule has 0 spiro atoms. The predicted molar refractivity (Wildman–Crippen MR) is 114 cm³/mol. The van der Waals surface area contributed by atoms with Crippen molar-refractivity contribution >= 4 is 23.5 Å². The van der Waals surface area contributed by atoms with Gasteiger partial charge in [-0.15, -0.1) is 10.2 Å². The molecule has 4 aromatic rings. The zero-order chi connectivity index (χ0) is 21.1. The highest BCUT2D eigenvalue weighted by molar-refractivity contribution is 7.99. The Kier molecular flexibility index (Phi) is 5.62. The Morgan fingerprint density at radius 2 is 1.77 bits per heavy atom. The van der Waals surface area contributed by atoms with E-state index in [0.717, 1.165) is 16.9 Å². The summed E-state index contributed by atoms with van der Waals surface area (Å²) in [6.45, 7) is 3.85. The minimum absolute atomic E-state index is 0.151. The zero-order valence-corrected chi connectivity index (χ0v) is 17.2. The van der Waals surface area contributed by atoms with Gasteiger partial charge < -0.3 is 5.32 Å². The van der Waals surface area contributed by atoms with E-state index in [0.29, 0.717) is 16.7 Å². The summed E-state index contributed by atoms with van der Waals surface area (Å²) in [6, 6.07) is 15.7. The molecular weight excluding hydrogens is 403 g/mol. The summed E-state index contributed by atoms with van der Waals surface area (Å²) in [5.74, 6) is 0.131. The number of benzene rings is 2. The number of halogens is 1. The van der Waals surface area contributed by atoms with E-state index in [2.05, 4.69) is 20.6 Å². The van der Waals surface area contributed by atoms with Crippen molar-refractivity contribution in [3.63, 3.8) is 0 Å². The number of nitrogens with zero attached hydrogens (tertiary/aromatic N) is 5. The molecule has 0 bridgehead atoms. The van der Waals surface area contributed by atoms with Gasteiger partial charge in [-0.05, 0) is 50.2 Å². The second-order valence-corrected chi connectivity index (χ2v) is 7.66. The van der Waals surface area contributed by atoms with E-state index in [1.807, 2.05) is 42.7 Å². The average molecular weight is 422 g/mol. The number of hydrogen-bond acceptors (Lipinski definition) is 5. The van der Waals surface area contributed by atoms with Gasteiger partial charge in [0.1, 0.15) is 18.0 Å². The molecule has 30 heavy (non-hydrogen) atoms. The number of aryl methyl sites for hydroxylation is 2. The number of anilines is 1. The minimum atomic E-state index is -0.331. The molecule has 0 fully saturated rings. The zero-order valence-electron chi connectivity index (χ0n) is 16.4. The number of amides is 1. The third-order valence-corrected chi connectivity index (χ3v) is 5.27. The van der Waals surface area contributed by atoms with Gasteiger partial charge in [0.25, 0.3) is 0 Å². The van der Waals surface area contributed by atoms with Crippen molar-refractivity contribution in [2.24, 2.45) is 0 Å². The highest BCUT2D eigenvalue weighted by Gasteiger charge is 2.14. The van der Waals surface area contributed by atoms with Gasteiger partial charge in [-0.3, -0.25) is 9.36 Å². The van der Waals surface area contributed by atoms with Gasteiger partial charge in [0.2, 0.25) is 5.91 Å². The second kappa shape index (κ2) is 8.50. The van der Waals surface area contributed by atoms with E-state index in [1.54, 1.807) is 29.2 Å². The maximum Gasteiger partial charge on any atom is 0.236 e. The molecule has 0 atom stereocenters. The summed E-state index contributed by atoms with van der Waals surface area (Å²) in [5, 5.41) is 15.9. The van der Waals surface area contributed by atoms with Crippen LogP contribution in [0.15, 0.2) is 66.1 Å². The van der Waals surface area contributed by atoms with E-state index in [4.69, 9.17) is 0 Å². The lowest BCUT2D eigenvalue weighted by Gasteiger charge is -2.09. The Morgan fingerprint density at radius 1 is 1.07 bits per heavy atom. The number of carbonyl (C=O) groups excluding carboxylic acids is 1. The van der Waals surface area contributed by atoms with Crippen LogP contribution >= 0.6 is 11.8 Å². The highest BCUT2D eigenvalue weighted by Crippen LogP contribution is 2.21. The molecular formula is C21H19FN6OS. The SMILES string of the molecule is Cc1ccc(-n2cnnc2SCC(=O)Nc2cc(C)nn2-c2ccc(F)cc2)cc1. The number of aromatic nitrogens is 5. The van der Waals surface area contributed by atoms with Crippen LogP contribution in [-0.4, -0.2) is 36.2 Å². The Bertz CT molecular complexity index is 1170. The van der Waals surface area contributed by atoms with E-state index >= 15 is 0 Å². The minimum Gasteiger partial charge on any atom is -0.310 e. The molecule has 4 rings (SSSR count). The van der Waals surface area contributed by atoms with Gasteiger partial charge in [0, 0.05) is 11.8 Å². The summed E-state index contributed by atoms with van der Waals surface area (Å²) in [5.41, 5.74) is 3.49. The van der Waals surface area contributed by atoms with Crippen LogP contribution in [0.2, 0.25) is 0 Å². The van der Waals surface area contributed by atoms with Crippen LogP contribution in [0, 0.1) is 19.7 Å². The standard InChI is InChI=1S/C21H19FN6OS/c1-14-3-7-17(8-4-14)27-13-23-25-21(27)30-12-20(29)24-19-11-15(2)26-28(19)18-9-5-16(22)6-10-18/h3-11,13H,12H2,1-2H3,(H,24,29). The molecule has 0 saturated heterocycles. The van der Waals surface area contributed by atoms with Crippen LogP contribution < -0.4 is 5.32 Å². The van der Waals surface area contributed by atoms with E-state index in [-0.39, 0.29) is 17.5 Å². The van der Waals surface area contributed by atoms with Gasteiger partial charge in [-0.1, -0.05) is 29.5 Å². The number of carbonyl (C=O) groups is 1. The van der Waals surface area contributed by atoms with Crippen LogP contribution in [0.25, 0.3) is 11.4 Å². The van der Waals surface area contributed by atoms with Crippen molar-refractivity contribution in [2.45, 2.75) is 19.0 Å². The molecule has 9 heteroatoms. The van der Waals surface area contributed by atoms with Crippen molar-refractivity contribution in [3.05, 3.63) is 78.0 Å². The van der Waals surface area contributed by atoms with Crippen LogP contribution in [0.3, 0.4) is 0 Å². The first-order valence-corrected chi connectivity index (χ1v) is 10.2. The third-order valence-electron chi connectivity index (χ3n) is 4.33. The first-order chi connectivity index (χ1) is 14.5. The quantitative estimate of drug-likeness (QED) is 0.476. The fourth-order valence-electron chi connectivity index (χ4n) is 2.88. The topological polar surface area (TPSA) is 77.6 Å². The van der Waals surface area contributed by atoms with Crippen molar-refractivity contribution in [2.75, 3.05) is 11.1 Å². The molecule has 2 heterocycles. The van der Waals surface area contributed by atoms with Crippen LogP contribution in [0.5, 0.6) is 0 Å². The van der Waals surface area contributed by atoms with E-state index in [9.17, 15) is 9.18 Å². The Labute approximate surface area is 176 Å². The fraction of sp³-hybridized carbons (Fsp3) is 0.143. The smallest absolute Gasteiger partial charge is 0.236 e. The second-order valence-electron chi connectivity index (χ2n) is 6.72. The Balaban J connectivity index is 1.45. The van der Waals surface area contributed by atoms with Crippen LogP contribution in [-0.2, 0) is 4.79 Å². The molecule has 0 aliphatic heterocycles. The summed E-state index contributed by atoms with van der Waals surface area (Å²) in [4.78, 5) is 12.6. The summed E-state index contributed by atoms with van der Waals surface area (Å²) < 4.78 is 16.6. The average Bonchev–Trinajstić information content (AvgIpc) is 3.34. The molecule has 0 radical (unpaired) electrons. The lowest BCUT2D eigenvalue weighted by atomic mass is 10.2. The molecule has 0 saturated carbocycles. The molecule has 0 unspecified atom stereocenters. The molecule has 2 aromatic carbocycles. The monoisotopic (exact) mass is 422 g/mol. The normalized spacial score (nSPS) is 10.9. The first kappa shape index (κ1) is 19.8.